The molecule has 3 aromatic carbocycles. The Labute approximate surface area is 158 Å². The fraction of sp³-hybridized carbons (Fsp3) is 0.136. The van der Waals surface area contributed by atoms with Crippen LogP contribution in [0.1, 0.15) is 33.9 Å². The number of hydroxylamine groups is 1. The van der Waals surface area contributed by atoms with Gasteiger partial charge >= 0.3 is 0 Å². The van der Waals surface area contributed by atoms with Crippen LogP contribution in [-0.2, 0) is 11.4 Å². The van der Waals surface area contributed by atoms with E-state index in [1.165, 1.54) is 0 Å². The van der Waals surface area contributed by atoms with Crippen LogP contribution in [0.25, 0.3) is 0 Å². The van der Waals surface area contributed by atoms with Crippen molar-refractivity contribution in [2.24, 2.45) is 0 Å². The third-order valence-corrected chi connectivity index (χ3v) is 4.32. The molecule has 0 heterocycles. The highest BCUT2D eigenvalue weighted by Crippen LogP contribution is 2.22. The van der Waals surface area contributed by atoms with Gasteiger partial charge in [-0.1, -0.05) is 84.4 Å². The van der Waals surface area contributed by atoms with Crippen LogP contribution in [0.4, 0.5) is 0 Å². The molecule has 3 aromatic rings. The number of carbonyl (C=O) groups excluding carboxylic acids is 1. The van der Waals surface area contributed by atoms with Crippen LogP contribution in [0, 0.1) is 0 Å². The molecule has 3 nitrogen and oxygen atoms in total. The van der Waals surface area contributed by atoms with Gasteiger partial charge in [-0.3, -0.25) is 9.63 Å². The third-order valence-electron chi connectivity index (χ3n) is 4.06. The molecule has 0 unspecified atom stereocenters. The first-order valence-electron chi connectivity index (χ1n) is 8.47. The first-order chi connectivity index (χ1) is 12.7. The Morgan fingerprint density at radius 1 is 0.885 bits per heavy atom. The van der Waals surface area contributed by atoms with E-state index in [9.17, 15) is 4.79 Å². The Morgan fingerprint density at radius 2 is 1.50 bits per heavy atom. The number of hydrogen-bond donors (Lipinski definition) is 1. The van der Waals surface area contributed by atoms with Crippen LogP contribution < -0.4 is 5.48 Å². The minimum Gasteiger partial charge on any atom is -0.296 e. The van der Waals surface area contributed by atoms with Crippen LogP contribution >= 0.6 is 11.6 Å². The molecule has 0 fully saturated rings. The second-order valence-corrected chi connectivity index (χ2v) is 6.43. The summed E-state index contributed by atoms with van der Waals surface area (Å²) in [4.78, 5) is 18.3. The smallest absolute Gasteiger partial charge is 0.164 e. The summed E-state index contributed by atoms with van der Waals surface area (Å²) in [5.41, 5.74) is 5.74. The zero-order chi connectivity index (χ0) is 18.2. The van der Waals surface area contributed by atoms with Gasteiger partial charge in [0, 0.05) is 17.0 Å². The molecular weight excluding hydrogens is 346 g/mol. The largest absolute Gasteiger partial charge is 0.296 e. The summed E-state index contributed by atoms with van der Waals surface area (Å²) in [6, 6.07) is 26.3. The monoisotopic (exact) mass is 365 g/mol. The summed E-state index contributed by atoms with van der Waals surface area (Å²) in [6.07, 6.45) is 0.292. The normalized spacial score (nSPS) is 11.9. The lowest BCUT2D eigenvalue weighted by Gasteiger charge is -2.19. The molecule has 0 aliphatic carbocycles. The van der Waals surface area contributed by atoms with Gasteiger partial charge in [0.2, 0.25) is 0 Å². The van der Waals surface area contributed by atoms with E-state index in [0.717, 1.165) is 11.1 Å². The maximum absolute atomic E-state index is 12.6. The molecule has 26 heavy (non-hydrogen) atoms. The molecular formula is C22H20ClNO2. The molecule has 0 saturated heterocycles. The Bertz CT molecular complexity index is 820. The maximum Gasteiger partial charge on any atom is 0.164 e. The minimum absolute atomic E-state index is 0.0568. The van der Waals surface area contributed by atoms with Crippen molar-refractivity contribution < 1.29 is 9.63 Å². The van der Waals surface area contributed by atoms with Crippen molar-refractivity contribution in [1.29, 1.82) is 0 Å². The van der Waals surface area contributed by atoms with Crippen molar-refractivity contribution in [3.05, 3.63) is 107 Å². The average molecular weight is 366 g/mol. The molecule has 132 valence electrons. The number of carbonyl (C=O) groups is 1. The summed E-state index contributed by atoms with van der Waals surface area (Å²) in [7, 11) is 0. The Balaban J connectivity index is 1.69. The Hall–Kier alpha value is -2.46. The Kier molecular flexibility index (Phi) is 6.56. The lowest BCUT2D eigenvalue weighted by atomic mass is 9.98. The van der Waals surface area contributed by atoms with Gasteiger partial charge in [0.05, 0.1) is 12.6 Å². The van der Waals surface area contributed by atoms with E-state index < -0.39 is 0 Å². The second kappa shape index (κ2) is 9.30. The molecule has 0 saturated carbocycles. The van der Waals surface area contributed by atoms with Crippen molar-refractivity contribution in [3.63, 3.8) is 0 Å². The van der Waals surface area contributed by atoms with Crippen molar-refractivity contribution in [2.45, 2.75) is 19.1 Å². The predicted molar refractivity (Wildman–Crippen MR) is 104 cm³/mol. The van der Waals surface area contributed by atoms with Gasteiger partial charge in [0.25, 0.3) is 0 Å². The number of hydrogen-bond acceptors (Lipinski definition) is 3. The third kappa shape index (κ3) is 5.27. The van der Waals surface area contributed by atoms with Crippen LogP contribution in [-0.4, -0.2) is 5.78 Å². The summed E-state index contributed by atoms with van der Waals surface area (Å²) in [5, 5.41) is 0.659. The van der Waals surface area contributed by atoms with Crippen LogP contribution in [0.15, 0.2) is 84.9 Å². The number of benzene rings is 3. The molecule has 0 radical (unpaired) electrons. The lowest BCUT2D eigenvalue weighted by Crippen LogP contribution is -2.24. The highest BCUT2D eigenvalue weighted by Gasteiger charge is 2.17. The van der Waals surface area contributed by atoms with Gasteiger partial charge in [0.1, 0.15) is 0 Å². The maximum atomic E-state index is 12.6. The molecule has 1 atom stereocenters. The highest BCUT2D eigenvalue weighted by atomic mass is 35.5. The molecule has 0 amide bonds. The van der Waals surface area contributed by atoms with Crippen LogP contribution in [0.3, 0.4) is 0 Å². The van der Waals surface area contributed by atoms with E-state index >= 15 is 0 Å². The fourth-order valence-electron chi connectivity index (χ4n) is 2.65. The SMILES string of the molecule is O=C(C[C@@H](NOCc1ccccc1)c1ccc(Cl)cc1)c1ccccc1. The van der Waals surface area contributed by atoms with E-state index in [2.05, 4.69) is 5.48 Å². The summed E-state index contributed by atoms with van der Waals surface area (Å²) in [5.74, 6) is 0.0568. The van der Waals surface area contributed by atoms with Gasteiger partial charge in [-0.05, 0) is 23.3 Å². The van der Waals surface area contributed by atoms with Gasteiger partial charge in [-0.15, -0.1) is 0 Å². The van der Waals surface area contributed by atoms with E-state index in [-0.39, 0.29) is 11.8 Å². The predicted octanol–water partition coefficient (Wildman–Crippen LogP) is 5.38. The van der Waals surface area contributed by atoms with Crippen molar-refractivity contribution in [2.75, 3.05) is 0 Å². The molecule has 3 rings (SSSR count). The van der Waals surface area contributed by atoms with Gasteiger partial charge in [-0.2, -0.15) is 5.48 Å². The van der Waals surface area contributed by atoms with E-state index in [1.807, 2.05) is 84.9 Å². The number of rotatable bonds is 8. The zero-order valence-corrected chi connectivity index (χ0v) is 15.0. The average Bonchev–Trinajstić information content (AvgIpc) is 2.69. The first-order valence-corrected chi connectivity index (χ1v) is 8.85. The lowest BCUT2D eigenvalue weighted by molar-refractivity contribution is 0.00176. The highest BCUT2D eigenvalue weighted by molar-refractivity contribution is 6.30. The second-order valence-electron chi connectivity index (χ2n) is 5.99. The van der Waals surface area contributed by atoms with Gasteiger partial charge in [-0.25, -0.2) is 0 Å². The number of nitrogens with one attached hydrogen (secondary N) is 1. The number of Topliss-reactive ketones (excluding diaryl/α,β-unsaturated/α-hetero) is 1. The topological polar surface area (TPSA) is 38.3 Å². The fourth-order valence-corrected chi connectivity index (χ4v) is 2.78. The summed E-state index contributed by atoms with van der Waals surface area (Å²) >= 11 is 5.98. The molecule has 0 aliphatic heterocycles. The zero-order valence-electron chi connectivity index (χ0n) is 14.3. The van der Waals surface area contributed by atoms with Crippen LogP contribution in [0.5, 0.6) is 0 Å². The Morgan fingerprint density at radius 3 is 2.15 bits per heavy atom. The molecule has 1 N–H and O–H groups in total. The van der Waals surface area contributed by atoms with Crippen molar-refractivity contribution in [3.8, 4) is 0 Å². The van der Waals surface area contributed by atoms with Crippen molar-refractivity contribution >= 4 is 17.4 Å². The molecule has 0 bridgehead atoms. The molecule has 0 aliphatic rings. The summed E-state index contributed by atoms with van der Waals surface area (Å²) < 4.78 is 0. The van der Waals surface area contributed by atoms with E-state index in [0.29, 0.717) is 23.6 Å². The minimum atomic E-state index is -0.260. The molecule has 0 spiro atoms. The number of halogens is 1. The van der Waals surface area contributed by atoms with Gasteiger partial charge < -0.3 is 0 Å². The van der Waals surface area contributed by atoms with Crippen LogP contribution in [0.2, 0.25) is 5.02 Å². The first kappa shape index (κ1) is 18.3. The van der Waals surface area contributed by atoms with Gasteiger partial charge in [0.15, 0.2) is 5.78 Å². The van der Waals surface area contributed by atoms with E-state index in [1.54, 1.807) is 0 Å². The molecule has 4 heteroatoms. The quantitative estimate of drug-likeness (QED) is 0.430. The number of ketones is 1. The van der Waals surface area contributed by atoms with E-state index in [4.69, 9.17) is 16.4 Å². The summed E-state index contributed by atoms with van der Waals surface area (Å²) in [6.45, 7) is 0.421. The molecule has 0 aromatic heterocycles. The van der Waals surface area contributed by atoms with Crippen molar-refractivity contribution in [1.82, 2.24) is 5.48 Å². The standard InChI is InChI=1S/C22H20ClNO2/c23-20-13-11-18(12-14-20)21(15-22(25)19-9-5-2-6-10-19)24-26-16-17-7-3-1-4-8-17/h1-14,21,24H,15-16H2/t21-/m1/s1.